The maximum atomic E-state index is 14.2. The number of amides is 4. The Bertz CT molecular complexity index is 6600. The molecule has 0 radical (unpaired) electrons. The smallest absolute Gasteiger partial charge is 0.417 e. The number of methoxy groups -OCH3 is 2. The first-order chi connectivity index (χ1) is 65.7. The minimum atomic E-state index is -4.80. The Morgan fingerprint density at radius 1 is 0.426 bits per heavy atom. The molecule has 0 unspecified atom stereocenters. The lowest BCUT2D eigenvalue weighted by Gasteiger charge is -2.34. The molecule has 141 heavy (non-hydrogen) atoms. The number of urea groups is 1. The number of nitrogens with one attached hydrogen (secondary N) is 4. The van der Waals surface area contributed by atoms with Gasteiger partial charge in [0.15, 0.2) is 34.9 Å². The molecule has 9 aromatic rings. The summed E-state index contributed by atoms with van der Waals surface area (Å²) in [5.74, 6) is -0.0962. The summed E-state index contributed by atoms with van der Waals surface area (Å²) in [5.41, 5.74) is 0.219. The number of hydrogen-bond acceptors (Lipinski definition) is 36. The Hall–Kier alpha value is -10.9. The summed E-state index contributed by atoms with van der Waals surface area (Å²) >= 11 is 0. The van der Waals surface area contributed by atoms with E-state index in [0.717, 1.165) is 68.9 Å². The van der Waals surface area contributed by atoms with Crippen LogP contribution in [0.4, 0.5) is 88.8 Å². The van der Waals surface area contributed by atoms with E-state index in [4.69, 9.17) is 23.3 Å². The first-order valence-electron chi connectivity index (χ1n) is 42.5. The van der Waals surface area contributed by atoms with E-state index in [-0.39, 0.29) is 57.7 Å². The zero-order chi connectivity index (χ0) is 104. The van der Waals surface area contributed by atoms with Crippen LogP contribution in [-0.2, 0) is 126 Å². The van der Waals surface area contributed by atoms with Gasteiger partial charge in [-0.25, -0.2) is 83.1 Å². The van der Waals surface area contributed by atoms with Gasteiger partial charge in [0.25, 0.3) is 30.4 Å². The van der Waals surface area contributed by atoms with E-state index in [1.54, 1.807) is 25.5 Å². The number of halogens is 9. The molecule has 6 aliphatic heterocycles. The number of nitrogens with zero attached hydrogens (tertiary/aromatic N) is 21. The highest BCUT2D eigenvalue weighted by Gasteiger charge is 2.41. The second-order valence-corrected chi connectivity index (χ2v) is 43.0. The van der Waals surface area contributed by atoms with E-state index in [9.17, 15) is 104 Å². The lowest BCUT2D eigenvalue weighted by molar-refractivity contribution is -0.137. The van der Waals surface area contributed by atoms with Crippen LogP contribution in [0.3, 0.4) is 0 Å². The number of anilines is 6. The molecule has 0 saturated carbocycles. The minimum Gasteiger partial charge on any atom is -0.453 e. The average molecular weight is 2130 g/mol. The van der Waals surface area contributed by atoms with Gasteiger partial charge in [0.2, 0.25) is 30.1 Å². The van der Waals surface area contributed by atoms with Crippen molar-refractivity contribution in [2.75, 3.05) is 247 Å². The van der Waals surface area contributed by atoms with Crippen molar-refractivity contribution in [1.82, 2.24) is 91.7 Å². The maximum Gasteiger partial charge on any atom is 0.417 e. The number of piperazine rings is 3. The minimum absolute atomic E-state index is 0.0976. The largest absolute Gasteiger partial charge is 0.453 e. The van der Waals surface area contributed by atoms with Gasteiger partial charge >= 0.3 is 36.7 Å². The number of ether oxygens (including phenoxy) is 5. The normalized spacial score (nSPS) is 17.4. The molecule has 15 heterocycles. The van der Waals surface area contributed by atoms with Crippen molar-refractivity contribution in [3.8, 4) is 34.2 Å². The topological polar surface area (TPSA) is 558 Å². The molecule has 0 spiro atoms. The van der Waals surface area contributed by atoms with Crippen molar-refractivity contribution in [3.05, 3.63) is 107 Å². The Kier molecular flexibility index (Phi) is 37.4. The molecular weight excluding hydrogens is 2020 g/mol. The fourth-order valence-corrected chi connectivity index (χ4v) is 17.3. The summed E-state index contributed by atoms with van der Waals surface area (Å²) in [6.07, 6.45) is -2.08. The van der Waals surface area contributed by atoms with Gasteiger partial charge in [-0.1, -0.05) is 0 Å². The second kappa shape index (κ2) is 47.1. The summed E-state index contributed by atoms with van der Waals surface area (Å²) in [6.45, 7) is 16.0. The van der Waals surface area contributed by atoms with Gasteiger partial charge in [0.05, 0.1) is 138 Å². The van der Waals surface area contributed by atoms with Crippen LogP contribution in [0.1, 0.15) is 47.2 Å². The lowest BCUT2D eigenvalue weighted by atomic mass is 10.1. The summed E-state index contributed by atoms with van der Waals surface area (Å²) < 4.78 is 309. The number of carbonyl (C=O) groups excluding carboxylic acids is 3. The summed E-state index contributed by atoms with van der Waals surface area (Å²) in [5, 5.41) is 22.4. The van der Waals surface area contributed by atoms with Crippen LogP contribution in [0.15, 0.2) is 73.6 Å². The molecule has 0 aliphatic carbocycles. The number of sulfonamides is 3. The summed E-state index contributed by atoms with van der Waals surface area (Å²) in [6, 6.07) is 7.12. The quantitative estimate of drug-likeness (QED) is 0.0343. The highest BCUT2D eigenvalue weighted by Crippen LogP contribution is 2.42. The van der Waals surface area contributed by atoms with Gasteiger partial charge in [-0.2, -0.15) is 77.7 Å². The van der Waals surface area contributed by atoms with Crippen LogP contribution in [0.2, 0.25) is 0 Å². The Morgan fingerprint density at radius 2 is 0.709 bits per heavy atom. The number of morpholine rings is 3. The maximum absolute atomic E-state index is 14.2. The third-order valence-corrected chi connectivity index (χ3v) is 26.0. The van der Waals surface area contributed by atoms with Crippen molar-refractivity contribution in [2.24, 2.45) is 0 Å². The first-order valence-corrected chi connectivity index (χ1v) is 53.6. The summed E-state index contributed by atoms with van der Waals surface area (Å²) in [4.78, 5) is 72.9. The molecule has 0 bridgehead atoms. The van der Waals surface area contributed by atoms with Crippen LogP contribution in [-0.4, -0.2) is 387 Å². The predicted octanol–water partition coefficient (Wildman–Crippen LogP) is 4.66. The summed E-state index contributed by atoms with van der Waals surface area (Å²) in [7, 11) is -17.0. The molecule has 6 N–H and O–H groups in total. The van der Waals surface area contributed by atoms with Crippen LogP contribution in [0.25, 0.3) is 50.7 Å². The van der Waals surface area contributed by atoms with E-state index in [0.29, 0.717) is 236 Å². The van der Waals surface area contributed by atoms with Crippen LogP contribution in [0, 0.1) is 0 Å². The number of fused-ring (bicyclic) bond motifs is 3. The number of carbonyl (C=O) groups is 3. The Morgan fingerprint density at radius 3 is 0.979 bits per heavy atom. The zero-order valence-electron chi connectivity index (χ0n) is 77.8. The molecule has 63 heteroatoms. The number of rotatable bonds is 20. The molecule has 15 rings (SSSR count). The SMILES string of the molecule is CCNC(=O)Nc1cc(C(F)(F)F)c(-c2nc(N3CCOCC3)c3cc(CN4CCN(S(C)(=O)=O)CC4)cn3n2)cn1.COC(=O)Nc1cc(C(F)(F)F)c(-c2nc(N3CCOCC3)c3cc(CN4CCN(S(C)(=O)=O)CC4)cn3n2)cn1.COC(=O)Nc1cc(C(F)(F)F)c(-c2nc(N3CCOC[C@@H]3C)c3cc(CN4CCN(S(C)(=O)=O)CC4)cn3n2)cn1.COS(C)(=O)=O.CS(=O)(=O)O.CS(=O)(=O)O. The second-order valence-electron chi connectivity index (χ2n) is 32.3. The van der Waals surface area contributed by atoms with Gasteiger partial charge < -0.3 is 43.7 Å². The molecule has 6 saturated heterocycles. The number of pyridine rings is 3. The van der Waals surface area contributed by atoms with Crippen molar-refractivity contribution in [1.29, 1.82) is 0 Å². The number of aromatic nitrogens is 12. The van der Waals surface area contributed by atoms with Gasteiger partial charge in [0, 0.05) is 175 Å². The predicted molar refractivity (Wildman–Crippen MR) is 494 cm³/mol. The third kappa shape index (κ3) is 33.1. The molecule has 0 aromatic carbocycles. The van der Waals surface area contributed by atoms with E-state index < -0.39 is 114 Å². The molecule has 1 atom stereocenters. The molecule has 9 aromatic heterocycles. The molecule has 6 fully saturated rings. The van der Waals surface area contributed by atoms with E-state index in [1.807, 2.05) is 39.8 Å². The molecule has 48 nitrogen and oxygen atoms in total. The standard InChI is InChI=1S/C25H32F3N9O4S.C25H31F3N8O5S.C24H29F3N8O5S.C2H6O3S.2CH4O3S/c1-3-29-24(38)31-21-13-19(25(26,27)28)18(14-30-21)22-32-23(35-8-10-41-11-9-35)20-12-17(16-37(20)33-22)15-34-4-6-36(7-5-34)42(2,39)40;1-16-15-41-9-8-35(16)23-20-10-17(13-33-4-6-34(7-5-33)42(3,38)39)14-36(20)32-22(31-23)18-12-29-21(30-24(37)40-2)11-19(18)25(26,27)28;1-39-23(36)29-20-12-18(24(25,26)27)17(13-28-20)21-30-22(33-7-9-40-10-8-33)19-11-16(15-35(19)31-21)14-32-3-5-34(6-4-32)41(2,37)38;1-5-6(2,3)4;2*1-5(2,3)4/h12-14,16H,3-11,15H2,1-2H3,(H2,29,30,31,38);10-12,14,16H,4-9,13,15H2,1-3H3,(H,29,30,37);11-13,15H,3-10,14H2,1-2H3,(H,28,29,36);1-2H3;2*1H3,(H,2,3,4)/t;16-;;;;/m.0..../s1. The fourth-order valence-electron chi connectivity index (χ4n) is 14.9. The van der Waals surface area contributed by atoms with Gasteiger partial charge in [0.1, 0.15) is 34.0 Å². The van der Waals surface area contributed by atoms with Crippen molar-refractivity contribution in [2.45, 2.75) is 58.1 Å². The van der Waals surface area contributed by atoms with Crippen molar-refractivity contribution < 1.29 is 141 Å². The van der Waals surface area contributed by atoms with Crippen molar-refractivity contribution >= 4 is 130 Å². The third-order valence-electron chi connectivity index (χ3n) is 21.4. The molecule has 6 aliphatic rings. The van der Waals surface area contributed by atoms with Crippen LogP contribution < -0.4 is 36.0 Å². The van der Waals surface area contributed by atoms with Crippen LogP contribution in [0.5, 0.6) is 0 Å². The van der Waals surface area contributed by atoms with Crippen LogP contribution >= 0.6 is 0 Å². The number of hydrogen-bond donors (Lipinski definition) is 6. The van der Waals surface area contributed by atoms with E-state index >= 15 is 0 Å². The number of alkyl halides is 9. The highest BCUT2D eigenvalue weighted by atomic mass is 32.2. The molecule has 780 valence electrons. The van der Waals surface area contributed by atoms with E-state index in [1.165, 1.54) is 45.2 Å². The van der Waals surface area contributed by atoms with E-state index in [2.05, 4.69) is 94.8 Å². The fraction of sp³-hybridized carbons (Fsp3) is 0.538. The molecule has 4 amide bonds. The average Bonchev–Trinajstić information content (AvgIpc) is 1.72. The lowest BCUT2D eigenvalue weighted by Crippen LogP contribution is -2.47. The Labute approximate surface area is 804 Å². The zero-order valence-corrected chi connectivity index (χ0v) is 82.7. The monoisotopic (exact) mass is 2120 g/mol. The van der Waals surface area contributed by atoms with Crippen molar-refractivity contribution in [3.63, 3.8) is 0 Å². The first kappa shape index (κ1) is 112. The Balaban J connectivity index is 0.000000201. The van der Waals surface area contributed by atoms with Gasteiger partial charge in [-0.15, -0.1) is 15.3 Å². The highest BCUT2D eigenvalue weighted by molar-refractivity contribution is 7.89. The van der Waals surface area contributed by atoms with Gasteiger partial charge in [-0.3, -0.25) is 43.9 Å². The van der Waals surface area contributed by atoms with Gasteiger partial charge in [-0.05, 0) is 66.9 Å². The molecular formula is C78H106F9N25O23S6.